The maximum atomic E-state index is 13.2. The van der Waals surface area contributed by atoms with E-state index >= 15 is 0 Å². The highest BCUT2D eigenvalue weighted by Crippen LogP contribution is 2.36. The number of nitrogens with two attached hydrogens (primary N) is 2. The number of aromatic nitrogens is 2. The van der Waals surface area contributed by atoms with Gasteiger partial charge in [-0.1, -0.05) is 35.9 Å². The first-order valence-electron chi connectivity index (χ1n) is 11.0. The molecular formula is C24H25ClN6O2. The van der Waals surface area contributed by atoms with Crippen molar-refractivity contribution in [1.29, 1.82) is 0 Å². The predicted octanol–water partition coefficient (Wildman–Crippen LogP) is 2.99. The molecule has 5 rings (SSSR count). The van der Waals surface area contributed by atoms with Crippen molar-refractivity contribution in [3.05, 3.63) is 63.6 Å². The largest absolute Gasteiger partial charge is 0.383 e. The van der Waals surface area contributed by atoms with Crippen LogP contribution in [0.3, 0.4) is 0 Å². The number of hydrogen-bond acceptors (Lipinski definition) is 7. The van der Waals surface area contributed by atoms with E-state index in [1.165, 1.54) is 11.6 Å². The normalized spacial score (nSPS) is 19.7. The van der Waals surface area contributed by atoms with Crippen molar-refractivity contribution in [1.82, 2.24) is 20.2 Å². The van der Waals surface area contributed by atoms with Crippen LogP contribution in [0.5, 0.6) is 0 Å². The molecule has 0 radical (unpaired) electrons. The molecule has 0 bridgehead atoms. The van der Waals surface area contributed by atoms with Crippen LogP contribution in [0, 0.1) is 0 Å². The lowest BCUT2D eigenvalue weighted by Gasteiger charge is -2.40. The summed E-state index contributed by atoms with van der Waals surface area (Å²) in [5.74, 6) is -0.318. The fourth-order valence-electron chi connectivity index (χ4n) is 4.96. The Bertz CT molecular complexity index is 1210. The Balaban J connectivity index is 1.25. The number of fused-ring (bicyclic) bond motifs is 1. The summed E-state index contributed by atoms with van der Waals surface area (Å²) in [7, 11) is 0. The number of piperidine rings is 1. The van der Waals surface area contributed by atoms with Crippen molar-refractivity contribution < 1.29 is 9.59 Å². The first kappa shape index (κ1) is 21.5. The lowest BCUT2D eigenvalue weighted by Crippen LogP contribution is -2.51. The Morgan fingerprint density at radius 3 is 2.70 bits per heavy atom. The Labute approximate surface area is 196 Å². The van der Waals surface area contributed by atoms with Gasteiger partial charge in [-0.25, -0.2) is 9.97 Å². The number of carbonyl (C=O) groups excluding carboxylic acids is 2. The van der Waals surface area contributed by atoms with E-state index in [-0.39, 0.29) is 39.7 Å². The Hall–Kier alpha value is -3.39. The molecule has 1 aliphatic carbocycles. The van der Waals surface area contributed by atoms with E-state index in [1.807, 2.05) is 23.1 Å². The minimum Gasteiger partial charge on any atom is -0.383 e. The average molecular weight is 465 g/mol. The molecule has 1 aromatic heterocycles. The molecule has 170 valence electrons. The Kier molecular flexibility index (Phi) is 5.32. The first-order chi connectivity index (χ1) is 15.8. The van der Waals surface area contributed by atoms with Crippen LogP contribution in [0.15, 0.2) is 36.0 Å². The fourth-order valence-corrected chi connectivity index (χ4v) is 5.09. The van der Waals surface area contributed by atoms with Crippen LogP contribution in [0.2, 0.25) is 5.15 Å². The molecule has 3 aliphatic rings. The quantitative estimate of drug-likeness (QED) is 0.470. The molecule has 0 unspecified atom stereocenters. The Morgan fingerprint density at radius 2 is 1.91 bits per heavy atom. The number of nitrogens with zero attached hydrogens (tertiary/aromatic N) is 3. The second-order valence-corrected chi connectivity index (χ2v) is 9.21. The van der Waals surface area contributed by atoms with Crippen LogP contribution in [0.25, 0.3) is 6.08 Å². The zero-order valence-electron chi connectivity index (χ0n) is 18.1. The smallest absolute Gasteiger partial charge is 0.254 e. The monoisotopic (exact) mass is 464 g/mol. The van der Waals surface area contributed by atoms with Gasteiger partial charge in [-0.15, -0.1) is 0 Å². The van der Waals surface area contributed by atoms with E-state index in [0.717, 1.165) is 48.9 Å². The molecule has 3 heterocycles. The van der Waals surface area contributed by atoms with Crippen LogP contribution < -0.4 is 16.8 Å². The number of benzene rings is 1. The summed E-state index contributed by atoms with van der Waals surface area (Å²) in [6.45, 7) is 1.35. The number of hydrogen-bond donors (Lipinski definition) is 3. The predicted molar refractivity (Wildman–Crippen MR) is 128 cm³/mol. The summed E-state index contributed by atoms with van der Waals surface area (Å²) in [6, 6.07) is 5.95. The second kappa shape index (κ2) is 8.19. The second-order valence-electron chi connectivity index (χ2n) is 8.85. The third-order valence-corrected chi connectivity index (χ3v) is 7.08. The van der Waals surface area contributed by atoms with Gasteiger partial charge in [-0.3, -0.25) is 9.59 Å². The first-order valence-corrected chi connectivity index (χ1v) is 11.4. The van der Waals surface area contributed by atoms with Crippen LogP contribution >= 0.6 is 11.6 Å². The fraction of sp³-hybridized carbons (Fsp3) is 0.333. The number of rotatable bonds is 3. The zero-order valence-corrected chi connectivity index (χ0v) is 18.9. The van der Waals surface area contributed by atoms with E-state index in [2.05, 4.69) is 27.4 Å². The number of ketones is 1. The highest BCUT2D eigenvalue weighted by Gasteiger charge is 2.40. The summed E-state index contributed by atoms with van der Waals surface area (Å²) >= 11 is 5.90. The Morgan fingerprint density at radius 1 is 1.12 bits per heavy atom. The molecule has 9 heteroatoms. The van der Waals surface area contributed by atoms with Crippen LogP contribution in [0.1, 0.15) is 57.7 Å². The molecule has 2 aliphatic heterocycles. The number of likely N-dealkylation sites (tertiary alicyclic amines) is 1. The summed E-state index contributed by atoms with van der Waals surface area (Å²) in [6.07, 6.45) is 9.84. The van der Waals surface area contributed by atoms with Crippen molar-refractivity contribution in [2.45, 2.75) is 37.6 Å². The number of carbonyl (C=O) groups is 2. The van der Waals surface area contributed by atoms with Gasteiger partial charge in [0.25, 0.3) is 5.91 Å². The van der Waals surface area contributed by atoms with Crippen LogP contribution in [0.4, 0.5) is 11.6 Å². The third kappa shape index (κ3) is 3.95. The van der Waals surface area contributed by atoms with E-state index in [1.54, 1.807) is 0 Å². The van der Waals surface area contributed by atoms with Crippen molar-refractivity contribution in [2.24, 2.45) is 0 Å². The minimum atomic E-state index is -0.361. The summed E-state index contributed by atoms with van der Waals surface area (Å²) < 4.78 is 0. The van der Waals surface area contributed by atoms with Crippen molar-refractivity contribution in [3.8, 4) is 0 Å². The van der Waals surface area contributed by atoms with Crippen LogP contribution in [-0.2, 0) is 6.42 Å². The highest BCUT2D eigenvalue weighted by atomic mass is 35.5. The number of nitrogen functional groups attached to an aromatic ring is 2. The number of amides is 1. The molecule has 5 N–H and O–H groups in total. The number of anilines is 2. The number of nitrogens with one attached hydrogen (secondary N) is 1. The molecule has 2 aromatic rings. The van der Waals surface area contributed by atoms with Gasteiger partial charge in [0.2, 0.25) is 5.78 Å². The van der Waals surface area contributed by atoms with Crippen molar-refractivity contribution in [2.75, 3.05) is 24.6 Å². The summed E-state index contributed by atoms with van der Waals surface area (Å²) in [4.78, 5) is 35.7. The average Bonchev–Trinajstić information content (AvgIpc) is 3.43. The summed E-state index contributed by atoms with van der Waals surface area (Å²) in [5.41, 5.74) is 15.1. The third-order valence-electron chi connectivity index (χ3n) is 6.80. The topological polar surface area (TPSA) is 127 Å². The molecule has 1 aromatic carbocycles. The van der Waals surface area contributed by atoms with Gasteiger partial charge in [-0.05, 0) is 49.3 Å². The van der Waals surface area contributed by atoms with Crippen molar-refractivity contribution in [3.63, 3.8) is 0 Å². The van der Waals surface area contributed by atoms with Gasteiger partial charge in [0.1, 0.15) is 0 Å². The molecule has 8 nitrogen and oxygen atoms in total. The molecule has 1 amide bonds. The molecule has 33 heavy (non-hydrogen) atoms. The summed E-state index contributed by atoms with van der Waals surface area (Å²) in [5, 5.41) is 3.49. The van der Waals surface area contributed by atoms with Gasteiger partial charge >= 0.3 is 0 Å². The van der Waals surface area contributed by atoms with E-state index in [0.29, 0.717) is 13.1 Å². The van der Waals surface area contributed by atoms with Crippen molar-refractivity contribution >= 4 is 41.0 Å². The van der Waals surface area contributed by atoms with Gasteiger partial charge in [0, 0.05) is 36.0 Å². The van der Waals surface area contributed by atoms with E-state index in [9.17, 15) is 9.59 Å². The van der Waals surface area contributed by atoms with Gasteiger partial charge < -0.3 is 21.7 Å². The maximum Gasteiger partial charge on any atom is 0.254 e. The molecule has 1 spiro atoms. The molecule has 2 fully saturated rings. The molecule has 0 atom stereocenters. The van der Waals surface area contributed by atoms with E-state index < -0.39 is 0 Å². The van der Waals surface area contributed by atoms with E-state index in [4.69, 9.17) is 23.1 Å². The van der Waals surface area contributed by atoms with Gasteiger partial charge in [-0.2, -0.15) is 0 Å². The standard InChI is InChI=1S/C24H25ClN6O2/c25-20-22(27)29-21(26)19(28-20)18(32)13-15-7-8-24(30-15)9-11-31(12-10-24)23(33)17-6-2-4-14-3-1-5-16(14)17/h1-2,4-6,13,30H,3,7-12H2,(H4,26,27,29)/b15-13+. The SMILES string of the molecule is Nc1nc(N)c(C(=O)/C=C2\CCC3(CCN(C(=O)c4cccc5c4C=CC5)CC3)N2)nc1Cl. The molecular weight excluding hydrogens is 440 g/mol. The molecule has 0 saturated carbocycles. The number of allylic oxidation sites excluding steroid dienone is 3. The zero-order chi connectivity index (χ0) is 23.2. The number of halogens is 1. The lowest BCUT2D eigenvalue weighted by molar-refractivity contribution is 0.0659. The lowest BCUT2D eigenvalue weighted by atomic mass is 9.86. The molecule has 2 saturated heterocycles. The maximum absolute atomic E-state index is 13.2. The van der Waals surface area contributed by atoms with Crippen LogP contribution in [-0.4, -0.2) is 45.2 Å². The minimum absolute atomic E-state index is 0.00527. The van der Waals surface area contributed by atoms with Gasteiger partial charge in [0.15, 0.2) is 22.5 Å². The highest BCUT2D eigenvalue weighted by molar-refractivity contribution is 6.31. The van der Waals surface area contributed by atoms with Gasteiger partial charge in [0.05, 0.1) is 0 Å².